The third-order valence-corrected chi connectivity index (χ3v) is 10.0. The van der Waals surface area contributed by atoms with Crippen molar-refractivity contribution in [2.45, 2.75) is 58.1 Å². The van der Waals surface area contributed by atoms with Crippen LogP contribution in [0.25, 0.3) is 0 Å². The molecule has 0 radical (unpaired) electrons. The van der Waals surface area contributed by atoms with E-state index in [0.29, 0.717) is 42.9 Å². The second-order valence-corrected chi connectivity index (χ2v) is 13.3. The number of benzene rings is 2. The summed E-state index contributed by atoms with van der Waals surface area (Å²) in [5.74, 6) is 1.61. The fraction of sp³-hybridized carbons (Fsp3) is 0.485. The van der Waals surface area contributed by atoms with Gasteiger partial charge in [-0.15, -0.1) is 6.58 Å². The van der Waals surface area contributed by atoms with Crippen LogP contribution in [0.4, 0.5) is 5.69 Å². The minimum Gasteiger partial charge on any atom is -0.491 e. The zero-order chi connectivity index (χ0) is 28.8. The molecule has 0 aromatic heterocycles. The highest BCUT2D eigenvalue weighted by molar-refractivity contribution is 7.75. The Morgan fingerprint density at radius 2 is 2.07 bits per heavy atom. The summed E-state index contributed by atoms with van der Waals surface area (Å²) in [5.41, 5.74) is 3.78. The molecular weight excluding hydrogens is 556 g/mol. The van der Waals surface area contributed by atoms with Gasteiger partial charge in [0.25, 0.3) is 5.91 Å². The average molecular weight is 597 g/mol. The summed E-state index contributed by atoms with van der Waals surface area (Å²) < 4.78 is 29.5. The largest absolute Gasteiger partial charge is 0.491 e. The van der Waals surface area contributed by atoms with E-state index in [1.54, 1.807) is 12.1 Å². The summed E-state index contributed by atoms with van der Waals surface area (Å²) in [6.07, 6.45) is 11.9. The molecule has 5 atom stereocenters. The maximum absolute atomic E-state index is 13.2. The first-order chi connectivity index (χ1) is 19.9. The predicted octanol–water partition coefficient (Wildman–Crippen LogP) is 7.06. The van der Waals surface area contributed by atoms with Crippen LogP contribution in [-0.2, 0) is 28.3 Å². The topological polar surface area (TPSA) is 68.2 Å². The van der Waals surface area contributed by atoms with Crippen LogP contribution in [-0.4, -0.2) is 41.7 Å². The van der Waals surface area contributed by atoms with Gasteiger partial charge in [-0.1, -0.05) is 42.8 Å². The van der Waals surface area contributed by atoms with E-state index in [4.69, 9.17) is 21.1 Å². The maximum Gasteiger partial charge on any atom is 0.284 e. The van der Waals surface area contributed by atoms with Crippen molar-refractivity contribution < 1.29 is 18.5 Å². The molecule has 220 valence electrons. The summed E-state index contributed by atoms with van der Waals surface area (Å²) in [7, 11) is -2.01. The van der Waals surface area contributed by atoms with E-state index in [1.807, 2.05) is 25.1 Å². The van der Waals surface area contributed by atoms with Crippen LogP contribution in [0.2, 0.25) is 5.02 Å². The van der Waals surface area contributed by atoms with Crippen molar-refractivity contribution in [3.63, 3.8) is 0 Å². The Hall–Kier alpha value is -2.61. The van der Waals surface area contributed by atoms with Crippen molar-refractivity contribution in [3.8, 4) is 5.75 Å². The number of aryl methyl sites for hydroxylation is 1. The van der Waals surface area contributed by atoms with Gasteiger partial charge in [0.1, 0.15) is 5.75 Å². The van der Waals surface area contributed by atoms with Gasteiger partial charge in [0.05, 0.1) is 25.0 Å². The number of rotatable bonds is 3. The highest BCUT2D eigenvalue weighted by atomic mass is 35.5. The number of fused-ring (bicyclic) bond motifs is 3. The van der Waals surface area contributed by atoms with Crippen molar-refractivity contribution in [1.82, 2.24) is 0 Å². The van der Waals surface area contributed by atoms with E-state index in [1.165, 1.54) is 11.1 Å². The van der Waals surface area contributed by atoms with Gasteiger partial charge >= 0.3 is 0 Å². The number of carbonyl (C=O) groups excluding carboxylic acids is 1. The Morgan fingerprint density at radius 1 is 1.20 bits per heavy atom. The molecule has 1 fully saturated rings. The van der Waals surface area contributed by atoms with Gasteiger partial charge in [-0.25, -0.2) is 0 Å². The summed E-state index contributed by atoms with van der Waals surface area (Å²) >= 11 is 6.42. The van der Waals surface area contributed by atoms with E-state index in [2.05, 4.69) is 40.1 Å². The second kappa shape index (κ2) is 14.0. The summed E-state index contributed by atoms with van der Waals surface area (Å²) in [6.45, 7) is 8.45. The van der Waals surface area contributed by atoms with Crippen molar-refractivity contribution in [3.05, 3.63) is 82.9 Å². The van der Waals surface area contributed by atoms with Gasteiger partial charge in [-0.2, -0.15) is 4.36 Å². The molecule has 2 aliphatic heterocycles. The molecule has 8 heteroatoms. The number of allylic oxidation sites excluding steroid dienone is 1. The van der Waals surface area contributed by atoms with Crippen LogP contribution < -0.4 is 9.64 Å². The number of nitrogens with zero attached hydrogens (tertiary/aromatic N) is 2. The molecule has 2 aromatic carbocycles. The predicted molar refractivity (Wildman–Crippen MR) is 168 cm³/mol. The fourth-order valence-corrected chi connectivity index (χ4v) is 7.36. The number of hydrogen-bond donors (Lipinski definition) is 1. The minimum absolute atomic E-state index is 0.0102. The van der Waals surface area contributed by atoms with Crippen molar-refractivity contribution in [1.29, 1.82) is 0 Å². The molecular formula is C33H41ClN2O4S. The lowest BCUT2D eigenvalue weighted by Crippen LogP contribution is -2.43. The summed E-state index contributed by atoms with van der Waals surface area (Å²) in [5, 5.41) is 0.745. The lowest BCUT2D eigenvalue weighted by atomic mass is 9.70. The average Bonchev–Trinajstić information content (AvgIpc) is 2.96. The molecule has 1 saturated carbocycles. The maximum atomic E-state index is 13.2. The molecule has 5 rings (SSSR count). The van der Waals surface area contributed by atoms with Crippen LogP contribution in [0.1, 0.15) is 60.5 Å². The summed E-state index contributed by atoms with van der Waals surface area (Å²) in [4.78, 5) is 15.5. The number of halogens is 1. The van der Waals surface area contributed by atoms with E-state index in [9.17, 15) is 9.00 Å². The lowest BCUT2D eigenvalue weighted by Gasteiger charge is -2.44. The van der Waals surface area contributed by atoms with Gasteiger partial charge in [-0.05, 0) is 97.7 Å². The van der Waals surface area contributed by atoms with Crippen molar-refractivity contribution in [2.75, 3.05) is 30.4 Å². The number of thiol groups is 1. The number of anilines is 1. The van der Waals surface area contributed by atoms with Gasteiger partial charge in [0.15, 0.2) is 0 Å². The van der Waals surface area contributed by atoms with Crippen LogP contribution >= 0.6 is 11.6 Å². The third kappa shape index (κ3) is 7.62. The van der Waals surface area contributed by atoms with Crippen LogP contribution in [0.3, 0.4) is 0 Å². The zero-order valence-corrected chi connectivity index (χ0v) is 25.5. The minimum atomic E-state index is -2.01. The first kappa shape index (κ1) is 29.9. The van der Waals surface area contributed by atoms with Crippen LogP contribution in [0.5, 0.6) is 5.75 Å². The van der Waals surface area contributed by atoms with E-state index >= 15 is 0 Å². The lowest BCUT2D eigenvalue weighted by molar-refractivity contribution is -0.00208. The van der Waals surface area contributed by atoms with E-state index in [0.717, 1.165) is 61.5 Å². The number of amides is 1. The zero-order valence-electron chi connectivity index (χ0n) is 23.8. The fourth-order valence-electron chi connectivity index (χ4n) is 6.08. The molecule has 6 nitrogen and oxygen atoms in total. The van der Waals surface area contributed by atoms with E-state index < -0.39 is 16.5 Å². The summed E-state index contributed by atoms with van der Waals surface area (Å²) in [6, 6.07) is 11.7. The number of ether oxygens (including phenoxy) is 2. The standard InChI is InChI=1S/C33H41ClN2O4S/c1-3-16-39-31-9-6-7-23(2)22-41(38)35-33(37)25-12-15-32-30(19-25)36(21-27-11-14-29(27)31)20-26-10-13-28(34)18-24(26)8-4-5-17-40-32/h3,6,9-10,12-13,15,18-19,23,27,29,31,41H,1,4-5,7-8,11,14,16-17,20-22H2,2H3/b9-6-/t23-,27-,29+,31+/m0/s1. The molecule has 2 bridgehead atoms. The normalized spacial score (nSPS) is 28.4. The van der Waals surface area contributed by atoms with Crippen LogP contribution in [0, 0.1) is 17.8 Å². The Bertz CT molecular complexity index is 1370. The van der Waals surface area contributed by atoms with Crippen molar-refractivity contribution in [2.24, 2.45) is 22.1 Å². The highest BCUT2D eigenvalue weighted by Crippen LogP contribution is 2.42. The van der Waals surface area contributed by atoms with Gasteiger partial charge in [-0.3, -0.25) is 9.00 Å². The van der Waals surface area contributed by atoms with Crippen LogP contribution in [0.15, 0.2) is 65.6 Å². The first-order valence-corrected chi connectivity index (χ1v) is 16.6. The first-order valence-electron chi connectivity index (χ1n) is 14.8. The molecule has 0 saturated heterocycles. The monoisotopic (exact) mass is 596 g/mol. The van der Waals surface area contributed by atoms with Gasteiger partial charge in [0, 0.05) is 40.0 Å². The Morgan fingerprint density at radius 3 is 2.88 bits per heavy atom. The van der Waals surface area contributed by atoms with E-state index in [-0.39, 0.29) is 12.0 Å². The molecule has 3 aliphatic rings. The quantitative estimate of drug-likeness (QED) is 0.303. The Balaban J connectivity index is 1.59. The molecule has 1 unspecified atom stereocenters. The van der Waals surface area contributed by atoms with Gasteiger partial charge < -0.3 is 14.4 Å². The highest BCUT2D eigenvalue weighted by Gasteiger charge is 2.38. The second-order valence-electron chi connectivity index (χ2n) is 11.6. The number of hydrogen-bond acceptors (Lipinski definition) is 5. The van der Waals surface area contributed by atoms with Gasteiger partial charge in [0.2, 0.25) is 0 Å². The molecule has 0 spiro atoms. The molecule has 2 aromatic rings. The SMILES string of the molecule is C=CCO[C@@H]1/C=C\C[C@H](C)C/[SH](=O)=N\C(=O)c2ccc3c(c2)N(Cc2ccc(Cl)cc2CCCCO3)C[C@@H]2CC[C@H]21. The molecule has 0 N–H and O–H groups in total. The molecule has 1 amide bonds. The number of carbonyl (C=O) groups is 1. The smallest absolute Gasteiger partial charge is 0.284 e. The Kier molecular flexibility index (Phi) is 10.2. The molecule has 2 heterocycles. The molecule has 41 heavy (non-hydrogen) atoms. The Labute approximate surface area is 251 Å². The molecule has 1 aliphatic carbocycles. The third-order valence-electron chi connectivity index (χ3n) is 8.47. The van der Waals surface area contributed by atoms with Crippen molar-refractivity contribution >= 4 is 33.8 Å².